The van der Waals surface area contributed by atoms with Crippen LogP contribution < -0.4 is 4.74 Å². The highest BCUT2D eigenvalue weighted by Gasteiger charge is 2.28. The molecule has 1 N–H and O–H groups in total. The number of nitrogens with zero attached hydrogens (tertiary/aromatic N) is 3. The van der Waals surface area contributed by atoms with Crippen molar-refractivity contribution in [3.8, 4) is 17.1 Å². The lowest BCUT2D eigenvalue weighted by Gasteiger charge is -2.32. The van der Waals surface area contributed by atoms with Crippen molar-refractivity contribution in [2.24, 2.45) is 0 Å². The number of aromatic nitrogens is 3. The van der Waals surface area contributed by atoms with Crippen LogP contribution >= 0.6 is 0 Å². The minimum absolute atomic E-state index is 0.145. The third-order valence-electron chi connectivity index (χ3n) is 5.26. The van der Waals surface area contributed by atoms with Gasteiger partial charge in [0.05, 0.1) is 36.7 Å². The Bertz CT molecular complexity index is 945. The van der Waals surface area contributed by atoms with Crippen molar-refractivity contribution in [2.45, 2.75) is 32.1 Å². The van der Waals surface area contributed by atoms with Gasteiger partial charge in [-0.05, 0) is 37.5 Å². The molecule has 0 saturated carbocycles. The molecular weight excluding hydrogens is 356 g/mol. The Labute approximate surface area is 163 Å². The van der Waals surface area contributed by atoms with Crippen molar-refractivity contribution in [1.29, 1.82) is 0 Å². The largest absolute Gasteiger partial charge is 0.497 e. The second-order valence-electron chi connectivity index (χ2n) is 7.23. The highest BCUT2D eigenvalue weighted by molar-refractivity contribution is 5.79. The van der Waals surface area contributed by atoms with Crippen LogP contribution in [0.15, 0.2) is 41.1 Å². The van der Waals surface area contributed by atoms with E-state index in [4.69, 9.17) is 9.26 Å². The number of nitrogens with one attached hydrogen (secondary N) is 1. The van der Waals surface area contributed by atoms with Gasteiger partial charge in [0.1, 0.15) is 5.75 Å². The molecule has 1 fully saturated rings. The predicted molar refractivity (Wildman–Crippen MR) is 104 cm³/mol. The van der Waals surface area contributed by atoms with Crippen LogP contribution in [0.4, 0.5) is 0 Å². The van der Waals surface area contributed by atoms with Crippen LogP contribution in [0.1, 0.15) is 35.7 Å². The zero-order valence-electron chi connectivity index (χ0n) is 16.1. The average Bonchev–Trinajstić information content (AvgIpc) is 3.37. The molecule has 2 aromatic heterocycles. The molecule has 0 bridgehead atoms. The Kier molecular flexibility index (Phi) is 5.14. The van der Waals surface area contributed by atoms with Crippen LogP contribution in [0.25, 0.3) is 11.3 Å². The third kappa shape index (κ3) is 3.78. The summed E-state index contributed by atoms with van der Waals surface area (Å²) in [6, 6.07) is 9.56. The van der Waals surface area contributed by atoms with Gasteiger partial charge in [-0.1, -0.05) is 17.3 Å². The first-order chi connectivity index (χ1) is 13.6. The summed E-state index contributed by atoms with van der Waals surface area (Å²) in [5, 5.41) is 11.3. The summed E-state index contributed by atoms with van der Waals surface area (Å²) >= 11 is 0. The molecule has 0 aliphatic carbocycles. The molecule has 1 aliphatic heterocycles. The average molecular weight is 380 g/mol. The fraction of sp³-hybridized carbons (Fsp3) is 0.381. The fourth-order valence-corrected chi connectivity index (χ4v) is 3.76. The first-order valence-corrected chi connectivity index (χ1v) is 9.51. The van der Waals surface area contributed by atoms with Crippen molar-refractivity contribution >= 4 is 5.91 Å². The lowest BCUT2D eigenvalue weighted by molar-refractivity contribution is -0.131. The van der Waals surface area contributed by atoms with Gasteiger partial charge < -0.3 is 14.2 Å². The van der Waals surface area contributed by atoms with E-state index in [-0.39, 0.29) is 11.8 Å². The number of H-pyrrole nitrogens is 1. The second-order valence-corrected chi connectivity index (χ2v) is 7.23. The van der Waals surface area contributed by atoms with Crippen molar-refractivity contribution in [1.82, 2.24) is 20.3 Å². The number of benzene rings is 1. The van der Waals surface area contributed by atoms with E-state index in [2.05, 4.69) is 15.4 Å². The predicted octanol–water partition coefficient (Wildman–Crippen LogP) is 3.33. The van der Waals surface area contributed by atoms with Crippen LogP contribution in [-0.2, 0) is 11.2 Å². The van der Waals surface area contributed by atoms with E-state index in [0.29, 0.717) is 18.7 Å². The Balaban J connectivity index is 1.46. The van der Waals surface area contributed by atoms with Crippen molar-refractivity contribution in [2.75, 3.05) is 20.2 Å². The zero-order chi connectivity index (χ0) is 19.5. The van der Waals surface area contributed by atoms with E-state index < -0.39 is 0 Å². The lowest BCUT2D eigenvalue weighted by Crippen LogP contribution is -2.40. The van der Waals surface area contributed by atoms with Crippen molar-refractivity contribution in [3.63, 3.8) is 0 Å². The smallest absolute Gasteiger partial charge is 0.227 e. The van der Waals surface area contributed by atoms with Gasteiger partial charge >= 0.3 is 0 Å². The minimum Gasteiger partial charge on any atom is -0.497 e. The molecule has 1 aromatic carbocycles. The summed E-state index contributed by atoms with van der Waals surface area (Å²) in [4.78, 5) is 14.8. The molecule has 1 unspecified atom stereocenters. The summed E-state index contributed by atoms with van der Waals surface area (Å²) in [6.07, 6.45) is 4.14. The highest BCUT2D eigenvalue weighted by Crippen LogP contribution is 2.33. The molecule has 0 radical (unpaired) electrons. The molecule has 1 amide bonds. The molecule has 1 saturated heterocycles. The maximum Gasteiger partial charge on any atom is 0.227 e. The maximum atomic E-state index is 12.8. The second kappa shape index (κ2) is 7.88. The van der Waals surface area contributed by atoms with E-state index in [1.165, 1.54) is 0 Å². The van der Waals surface area contributed by atoms with E-state index in [0.717, 1.165) is 47.7 Å². The van der Waals surface area contributed by atoms with Gasteiger partial charge in [-0.15, -0.1) is 0 Å². The number of hydrogen-bond donors (Lipinski definition) is 1. The van der Waals surface area contributed by atoms with Gasteiger partial charge in [0.2, 0.25) is 5.91 Å². The molecular formula is C21H24N4O3. The van der Waals surface area contributed by atoms with Crippen LogP contribution in [0.2, 0.25) is 0 Å². The van der Waals surface area contributed by atoms with Gasteiger partial charge in [-0.3, -0.25) is 9.89 Å². The van der Waals surface area contributed by atoms with E-state index in [1.807, 2.05) is 42.2 Å². The van der Waals surface area contributed by atoms with Crippen molar-refractivity contribution in [3.05, 3.63) is 53.5 Å². The summed E-state index contributed by atoms with van der Waals surface area (Å²) in [6.45, 7) is 3.36. The Hall–Kier alpha value is -3.09. The Morgan fingerprint density at radius 1 is 1.36 bits per heavy atom. The number of piperidine rings is 1. The number of carbonyl (C=O) groups is 1. The van der Waals surface area contributed by atoms with Crippen molar-refractivity contribution < 1.29 is 14.1 Å². The molecule has 1 atom stereocenters. The maximum absolute atomic E-state index is 12.8. The summed E-state index contributed by atoms with van der Waals surface area (Å²) in [5.74, 6) is 1.86. The number of methoxy groups -OCH3 is 1. The van der Waals surface area contributed by atoms with Gasteiger partial charge in [-0.2, -0.15) is 5.10 Å². The molecule has 3 heterocycles. The molecule has 7 heteroatoms. The Morgan fingerprint density at radius 2 is 2.18 bits per heavy atom. The summed E-state index contributed by atoms with van der Waals surface area (Å²) in [7, 11) is 1.64. The minimum atomic E-state index is 0.145. The van der Waals surface area contributed by atoms with E-state index in [1.54, 1.807) is 13.3 Å². The zero-order valence-corrected chi connectivity index (χ0v) is 16.1. The SMILES string of the molecule is COc1ccc(CC(=O)N2CCCC(c3[nH]ncc3-c3cc(C)no3)C2)cc1. The molecule has 7 nitrogen and oxygen atoms in total. The molecule has 1 aliphatic rings. The molecule has 28 heavy (non-hydrogen) atoms. The van der Waals surface area contributed by atoms with Gasteiger partial charge in [0, 0.05) is 25.1 Å². The summed E-state index contributed by atoms with van der Waals surface area (Å²) < 4.78 is 10.6. The quantitative estimate of drug-likeness (QED) is 0.734. The standard InChI is InChI=1S/C21H24N4O3/c1-14-10-19(28-24-14)18-12-22-23-21(18)16-4-3-9-25(13-16)20(26)11-15-5-7-17(27-2)8-6-15/h5-8,10,12,16H,3-4,9,11,13H2,1-2H3,(H,22,23). The number of hydrogen-bond acceptors (Lipinski definition) is 5. The van der Waals surface area contributed by atoms with Crippen LogP contribution in [0.3, 0.4) is 0 Å². The fourth-order valence-electron chi connectivity index (χ4n) is 3.76. The van der Waals surface area contributed by atoms with Gasteiger partial charge in [0.25, 0.3) is 0 Å². The van der Waals surface area contributed by atoms with Crippen LogP contribution in [0.5, 0.6) is 5.75 Å². The molecule has 3 aromatic rings. The van der Waals surface area contributed by atoms with Gasteiger partial charge in [-0.25, -0.2) is 0 Å². The molecule has 4 rings (SSSR count). The molecule has 146 valence electrons. The number of likely N-dealkylation sites (tertiary alicyclic amines) is 1. The number of amides is 1. The monoisotopic (exact) mass is 380 g/mol. The first kappa shape index (κ1) is 18.3. The topological polar surface area (TPSA) is 84.2 Å². The first-order valence-electron chi connectivity index (χ1n) is 9.51. The van der Waals surface area contributed by atoms with Crippen LogP contribution in [-0.4, -0.2) is 46.4 Å². The number of rotatable bonds is 5. The number of carbonyl (C=O) groups excluding carboxylic acids is 1. The van der Waals surface area contributed by atoms with E-state index >= 15 is 0 Å². The van der Waals surface area contributed by atoms with Gasteiger partial charge in [0.15, 0.2) is 5.76 Å². The third-order valence-corrected chi connectivity index (χ3v) is 5.26. The lowest BCUT2D eigenvalue weighted by atomic mass is 9.91. The van der Waals surface area contributed by atoms with E-state index in [9.17, 15) is 4.79 Å². The van der Waals surface area contributed by atoms with Crippen LogP contribution in [0, 0.1) is 6.92 Å². The molecule has 0 spiro atoms. The normalized spacial score (nSPS) is 16.9. The highest BCUT2D eigenvalue weighted by atomic mass is 16.5. The number of ether oxygens (including phenoxy) is 1. The number of aromatic amines is 1. The number of aryl methyl sites for hydroxylation is 1. The Morgan fingerprint density at radius 3 is 2.89 bits per heavy atom. The summed E-state index contributed by atoms with van der Waals surface area (Å²) in [5.41, 5.74) is 3.77.